The van der Waals surface area contributed by atoms with Crippen molar-refractivity contribution in [2.45, 2.75) is 44.1 Å². The molecule has 2 aromatic rings. The third-order valence-corrected chi connectivity index (χ3v) is 4.20. The molecule has 0 saturated heterocycles. The van der Waals surface area contributed by atoms with Crippen LogP contribution in [0.15, 0.2) is 22.7 Å². The maximum absolute atomic E-state index is 13.9. The van der Waals surface area contributed by atoms with Gasteiger partial charge in [0.2, 0.25) is 5.89 Å². The van der Waals surface area contributed by atoms with Crippen molar-refractivity contribution in [3.8, 4) is 0 Å². The Balaban J connectivity index is 1.77. The van der Waals surface area contributed by atoms with Crippen LogP contribution in [0.2, 0.25) is 5.02 Å². The molecule has 0 amide bonds. The molecule has 1 heterocycles. The Morgan fingerprint density at radius 1 is 1.33 bits per heavy atom. The van der Waals surface area contributed by atoms with Crippen molar-refractivity contribution in [2.75, 3.05) is 0 Å². The average molecular weight is 311 g/mol. The summed E-state index contributed by atoms with van der Waals surface area (Å²) >= 11 is 5.75. The first-order chi connectivity index (χ1) is 10.1. The van der Waals surface area contributed by atoms with Crippen molar-refractivity contribution in [3.63, 3.8) is 0 Å². The first kappa shape index (κ1) is 14.5. The lowest BCUT2D eigenvalue weighted by Gasteiger charge is -2.24. The molecule has 4 nitrogen and oxygen atoms in total. The van der Waals surface area contributed by atoms with E-state index in [0.717, 1.165) is 25.7 Å². The molecule has 0 aliphatic heterocycles. The van der Waals surface area contributed by atoms with Gasteiger partial charge in [-0.15, -0.1) is 0 Å². The van der Waals surface area contributed by atoms with Crippen LogP contribution in [0.5, 0.6) is 0 Å². The quantitative estimate of drug-likeness (QED) is 0.943. The molecule has 1 fully saturated rings. The summed E-state index contributed by atoms with van der Waals surface area (Å²) in [5.41, 5.74) is 0.430. The van der Waals surface area contributed by atoms with Crippen molar-refractivity contribution in [1.29, 1.82) is 0 Å². The van der Waals surface area contributed by atoms with E-state index < -0.39 is 11.9 Å². The van der Waals surface area contributed by atoms with Gasteiger partial charge in [-0.2, -0.15) is 4.98 Å². The summed E-state index contributed by atoms with van der Waals surface area (Å²) in [6.07, 6.45) is 3.45. The van der Waals surface area contributed by atoms with Gasteiger partial charge in [-0.3, -0.25) is 0 Å². The zero-order valence-corrected chi connectivity index (χ0v) is 12.2. The first-order valence-corrected chi connectivity index (χ1v) is 7.46. The van der Waals surface area contributed by atoms with E-state index in [4.69, 9.17) is 16.1 Å². The van der Waals surface area contributed by atoms with Gasteiger partial charge in [-0.1, -0.05) is 41.7 Å². The highest BCUT2D eigenvalue weighted by atomic mass is 35.5. The van der Waals surface area contributed by atoms with E-state index in [0.29, 0.717) is 17.3 Å². The molecule has 1 aliphatic carbocycles. The standard InChI is InChI=1S/C15H16ClFN2O2/c16-11-6-3-4-9(14(11)17)8-13-18-15(21-19-13)10-5-1-2-7-12(10)20/h3-4,6,10,12,20H,1-2,5,7-8H2. The van der Waals surface area contributed by atoms with Crippen molar-refractivity contribution in [2.24, 2.45) is 0 Å². The number of benzene rings is 1. The molecule has 112 valence electrons. The number of hydrogen-bond acceptors (Lipinski definition) is 4. The average Bonchev–Trinajstić information content (AvgIpc) is 2.93. The second-order valence-corrected chi connectivity index (χ2v) is 5.80. The normalized spacial score (nSPS) is 22.4. The predicted molar refractivity (Wildman–Crippen MR) is 75.7 cm³/mol. The monoisotopic (exact) mass is 310 g/mol. The Hall–Kier alpha value is -1.46. The molecular formula is C15H16ClFN2O2. The van der Waals surface area contributed by atoms with E-state index in [2.05, 4.69) is 10.1 Å². The van der Waals surface area contributed by atoms with Crippen LogP contribution in [-0.2, 0) is 6.42 Å². The van der Waals surface area contributed by atoms with Crippen LogP contribution in [0.1, 0.15) is 48.9 Å². The molecule has 0 bridgehead atoms. The summed E-state index contributed by atoms with van der Waals surface area (Å²) in [5.74, 6) is 0.288. The van der Waals surface area contributed by atoms with E-state index >= 15 is 0 Å². The number of aliphatic hydroxyl groups excluding tert-OH is 1. The molecule has 1 aromatic heterocycles. The van der Waals surface area contributed by atoms with Crippen molar-refractivity contribution in [3.05, 3.63) is 46.3 Å². The minimum absolute atomic E-state index is 0.0823. The number of hydrogen-bond donors (Lipinski definition) is 1. The molecule has 1 saturated carbocycles. The van der Waals surface area contributed by atoms with Crippen LogP contribution in [0.3, 0.4) is 0 Å². The summed E-state index contributed by atoms with van der Waals surface area (Å²) < 4.78 is 19.1. The van der Waals surface area contributed by atoms with Gasteiger partial charge >= 0.3 is 0 Å². The minimum Gasteiger partial charge on any atom is -0.392 e. The van der Waals surface area contributed by atoms with E-state index in [-0.39, 0.29) is 17.4 Å². The molecule has 1 aliphatic rings. The maximum Gasteiger partial charge on any atom is 0.232 e. The van der Waals surface area contributed by atoms with Crippen molar-refractivity contribution in [1.82, 2.24) is 10.1 Å². The van der Waals surface area contributed by atoms with Crippen LogP contribution < -0.4 is 0 Å². The van der Waals surface area contributed by atoms with Gasteiger partial charge in [0.15, 0.2) is 5.82 Å². The molecule has 6 heteroatoms. The zero-order valence-electron chi connectivity index (χ0n) is 11.4. The summed E-state index contributed by atoms with van der Waals surface area (Å²) in [6, 6.07) is 4.83. The predicted octanol–water partition coefficient (Wildman–Crippen LogP) is 3.47. The van der Waals surface area contributed by atoms with Gasteiger partial charge in [0.1, 0.15) is 5.82 Å². The molecule has 1 aromatic carbocycles. The first-order valence-electron chi connectivity index (χ1n) is 7.08. The second-order valence-electron chi connectivity index (χ2n) is 5.40. The number of nitrogens with zero attached hydrogens (tertiary/aromatic N) is 2. The number of halogens is 2. The topological polar surface area (TPSA) is 59.2 Å². The van der Waals surface area contributed by atoms with Gasteiger partial charge in [-0.05, 0) is 24.5 Å². The van der Waals surface area contributed by atoms with Crippen molar-refractivity contribution >= 4 is 11.6 Å². The summed E-state index contributed by atoms with van der Waals surface area (Å²) in [6.45, 7) is 0. The number of rotatable bonds is 3. The molecular weight excluding hydrogens is 295 g/mol. The molecule has 0 spiro atoms. The van der Waals surface area contributed by atoms with Gasteiger partial charge in [0, 0.05) is 6.42 Å². The van der Waals surface area contributed by atoms with Gasteiger partial charge < -0.3 is 9.63 Å². The smallest absolute Gasteiger partial charge is 0.232 e. The molecule has 3 rings (SSSR count). The van der Waals surface area contributed by atoms with Crippen molar-refractivity contribution < 1.29 is 14.0 Å². The fourth-order valence-corrected chi connectivity index (χ4v) is 2.94. The lowest BCUT2D eigenvalue weighted by Crippen LogP contribution is -2.22. The Bertz CT molecular complexity index is 632. The van der Waals surface area contributed by atoms with Gasteiger partial charge in [0.05, 0.1) is 17.0 Å². The van der Waals surface area contributed by atoms with Crippen LogP contribution in [-0.4, -0.2) is 21.4 Å². The zero-order chi connectivity index (χ0) is 14.8. The third kappa shape index (κ3) is 3.09. The molecule has 1 N–H and O–H groups in total. The summed E-state index contributed by atoms with van der Waals surface area (Å²) in [7, 11) is 0. The van der Waals surface area contributed by atoms with E-state index in [1.807, 2.05) is 0 Å². The maximum atomic E-state index is 13.9. The van der Waals surface area contributed by atoms with E-state index in [9.17, 15) is 9.50 Å². The fraction of sp³-hybridized carbons (Fsp3) is 0.467. The minimum atomic E-state index is -0.455. The van der Waals surface area contributed by atoms with Crippen LogP contribution in [0.4, 0.5) is 4.39 Å². The van der Waals surface area contributed by atoms with Gasteiger partial charge in [0.25, 0.3) is 0 Å². The van der Waals surface area contributed by atoms with E-state index in [1.165, 1.54) is 6.07 Å². The lowest BCUT2D eigenvalue weighted by atomic mass is 9.86. The lowest BCUT2D eigenvalue weighted by molar-refractivity contribution is 0.0908. The Kier molecular flexibility index (Phi) is 4.22. The number of aromatic nitrogens is 2. The SMILES string of the molecule is OC1CCCCC1c1nc(Cc2cccc(Cl)c2F)no1. The highest BCUT2D eigenvalue weighted by molar-refractivity contribution is 6.30. The Morgan fingerprint density at radius 2 is 2.14 bits per heavy atom. The molecule has 0 radical (unpaired) electrons. The van der Waals surface area contributed by atoms with Crippen LogP contribution >= 0.6 is 11.6 Å². The summed E-state index contributed by atoms with van der Waals surface area (Å²) in [5, 5.41) is 14.0. The number of aliphatic hydroxyl groups is 1. The third-order valence-electron chi connectivity index (χ3n) is 3.91. The Labute approximate surface area is 126 Å². The largest absolute Gasteiger partial charge is 0.392 e. The summed E-state index contributed by atoms with van der Waals surface area (Å²) in [4.78, 5) is 4.30. The van der Waals surface area contributed by atoms with Crippen LogP contribution in [0, 0.1) is 5.82 Å². The highest BCUT2D eigenvalue weighted by Gasteiger charge is 2.29. The van der Waals surface area contributed by atoms with E-state index in [1.54, 1.807) is 12.1 Å². The second kappa shape index (κ2) is 6.12. The Morgan fingerprint density at radius 3 is 2.95 bits per heavy atom. The van der Waals surface area contributed by atoms with Crippen LogP contribution in [0.25, 0.3) is 0 Å². The fourth-order valence-electron chi connectivity index (χ4n) is 2.74. The highest BCUT2D eigenvalue weighted by Crippen LogP contribution is 2.32. The van der Waals surface area contributed by atoms with Gasteiger partial charge in [-0.25, -0.2) is 4.39 Å². The molecule has 21 heavy (non-hydrogen) atoms. The molecule has 2 atom stereocenters. The molecule has 2 unspecified atom stereocenters.